The van der Waals surface area contributed by atoms with Gasteiger partial charge in [-0.2, -0.15) is 0 Å². The summed E-state index contributed by atoms with van der Waals surface area (Å²) in [5, 5.41) is 5.19. The predicted octanol–water partition coefficient (Wildman–Crippen LogP) is 5.39. The van der Waals surface area contributed by atoms with E-state index in [-0.39, 0.29) is 0 Å². The summed E-state index contributed by atoms with van der Waals surface area (Å²) in [5.41, 5.74) is 1.20. The third kappa shape index (κ3) is 5.29. The Morgan fingerprint density at radius 3 is 2.86 bits per heavy atom. The van der Waals surface area contributed by atoms with Gasteiger partial charge in [0.15, 0.2) is 0 Å². The standard InChI is InChI=1S/C16H18BrClN2S/c1-11(2)9-19-10-12-8-13(18)5-6-15(12)21-16-14(17)4-3-7-20-16/h3-8,11,19H,9-10H2,1-2H3. The fourth-order valence-electron chi connectivity index (χ4n) is 1.83. The first-order valence-corrected chi connectivity index (χ1v) is 8.82. The molecule has 21 heavy (non-hydrogen) atoms. The number of pyridine rings is 1. The Kier molecular flexibility index (Phi) is 6.55. The maximum Gasteiger partial charge on any atom is 0.115 e. The number of benzene rings is 1. The molecule has 1 heterocycles. The highest BCUT2D eigenvalue weighted by Gasteiger charge is 2.09. The Labute approximate surface area is 143 Å². The lowest BCUT2D eigenvalue weighted by atomic mass is 10.2. The molecule has 0 aliphatic rings. The number of halogens is 2. The van der Waals surface area contributed by atoms with Crippen molar-refractivity contribution in [2.45, 2.75) is 30.3 Å². The molecule has 1 N–H and O–H groups in total. The first kappa shape index (κ1) is 16.8. The average molecular weight is 386 g/mol. The normalized spacial score (nSPS) is 11.1. The van der Waals surface area contributed by atoms with Crippen molar-refractivity contribution in [3.05, 3.63) is 51.6 Å². The summed E-state index contributed by atoms with van der Waals surface area (Å²) in [7, 11) is 0. The molecule has 5 heteroatoms. The van der Waals surface area contributed by atoms with Gasteiger partial charge < -0.3 is 5.32 Å². The molecule has 0 aliphatic carbocycles. The minimum Gasteiger partial charge on any atom is -0.312 e. The third-order valence-electron chi connectivity index (χ3n) is 2.82. The zero-order valence-corrected chi connectivity index (χ0v) is 15.2. The number of hydrogen-bond acceptors (Lipinski definition) is 3. The molecule has 0 bridgehead atoms. The topological polar surface area (TPSA) is 24.9 Å². The summed E-state index contributed by atoms with van der Waals surface area (Å²) >= 11 is 11.3. The Morgan fingerprint density at radius 1 is 1.33 bits per heavy atom. The van der Waals surface area contributed by atoms with E-state index in [0.717, 1.165) is 27.6 Å². The molecule has 0 amide bonds. The van der Waals surface area contributed by atoms with Crippen LogP contribution < -0.4 is 5.32 Å². The van der Waals surface area contributed by atoms with E-state index in [4.69, 9.17) is 11.6 Å². The highest BCUT2D eigenvalue weighted by molar-refractivity contribution is 9.10. The molecule has 2 nitrogen and oxygen atoms in total. The van der Waals surface area contributed by atoms with Crippen LogP contribution in [0.5, 0.6) is 0 Å². The Balaban J connectivity index is 2.16. The van der Waals surface area contributed by atoms with Crippen LogP contribution in [0.15, 0.2) is 50.9 Å². The van der Waals surface area contributed by atoms with Gasteiger partial charge >= 0.3 is 0 Å². The van der Waals surface area contributed by atoms with Gasteiger partial charge in [0, 0.05) is 22.7 Å². The van der Waals surface area contributed by atoms with E-state index in [1.807, 2.05) is 24.3 Å². The number of nitrogens with one attached hydrogen (secondary N) is 1. The fraction of sp³-hybridized carbons (Fsp3) is 0.312. The van der Waals surface area contributed by atoms with E-state index < -0.39 is 0 Å². The van der Waals surface area contributed by atoms with E-state index >= 15 is 0 Å². The fourth-order valence-corrected chi connectivity index (χ4v) is 3.41. The number of rotatable bonds is 6. The van der Waals surface area contributed by atoms with Crippen LogP contribution in [0.1, 0.15) is 19.4 Å². The second-order valence-electron chi connectivity index (χ2n) is 5.17. The van der Waals surface area contributed by atoms with Gasteiger partial charge in [-0.1, -0.05) is 37.2 Å². The van der Waals surface area contributed by atoms with Crippen LogP contribution in [-0.2, 0) is 6.54 Å². The Morgan fingerprint density at radius 2 is 2.14 bits per heavy atom. The Hall–Kier alpha value is -0.550. The monoisotopic (exact) mass is 384 g/mol. The molecule has 1 aromatic carbocycles. The minimum absolute atomic E-state index is 0.630. The lowest BCUT2D eigenvalue weighted by molar-refractivity contribution is 0.550. The molecule has 0 saturated carbocycles. The van der Waals surface area contributed by atoms with Crippen molar-refractivity contribution < 1.29 is 0 Å². The maximum absolute atomic E-state index is 6.13. The van der Waals surface area contributed by atoms with Gasteiger partial charge in [0.25, 0.3) is 0 Å². The number of aromatic nitrogens is 1. The van der Waals surface area contributed by atoms with Gasteiger partial charge in [-0.15, -0.1) is 0 Å². The molecule has 0 fully saturated rings. The second kappa shape index (κ2) is 8.18. The second-order valence-corrected chi connectivity index (χ2v) is 7.49. The lowest BCUT2D eigenvalue weighted by Gasteiger charge is -2.12. The van der Waals surface area contributed by atoms with Crippen molar-refractivity contribution >= 4 is 39.3 Å². The van der Waals surface area contributed by atoms with Gasteiger partial charge in [0.2, 0.25) is 0 Å². The maximum atomic E-state index is 6.13. The molecule has 2 rings (SSSR count). The van der Waals surface area contributed by atoms with Crippen molar-refractivity contribution in [2.24, 2.45) is 5.92 Å². The number of nitrogens with zero attached hydrogens (tertiary/aromatic N) is 1. The number of hydrogen-bond donors (Lipinski definition) is 1. The molecule has 0 atom stereocenters. The van der Waals surface area contributed by atoms with E-state index in [2.05, 4.69) is 46.1 Å². The zero-order valence-electron chi connectivity index (χ0n) is 12.1. The highest BCUT2D eigenvalue weighted by atomic mass is 79.9. The van der Waals surface area contributed by atoms with Crippen LogP contribution in [-0.4, -0.2) is 11.5 Å². The molecule has 0 aliphatic heterocycles. The molecule has 1 aromatic heterocycles. The van der Waals surface area contributed by atoms with Gasteiger partial charge in [0.1, 0.15) is 5.03 Å². The quantitative estimate of drug-likeness (QED) is 0.721. The van der Waals surface area contributed by atoms with Crippen LogP contribution in [0.25, 0.3) is 0 Å². The third-order valence-corrected chi connectivity index (χ3v) is 5.10. The molecular formula is C16H18BrClN2S. The van der Waals surface area contributed by atoms with E-state index in [0.29, 0.717) is 5.92 Å². The van der Waals surface area contributed by atoms with Crippen molar-refractivity contribution in [2.75, 3.05) is 6.54 Å². The van der Waals surface area contributed by atoms with Gasteiger partial charge in [-0.05, 0) is 64.3 Å². The summed E-state index contributed by atoms with van der Waals surface area (Å²) in [6, 6.07) is 9.92. The molecule has 0 spiro atoms. The molecule has 0 unspecified atom stereocenters. The SMILES string of the molecule is CC(C)CNCc1cc(Cl)ccc1Sc1ncccc1Br. The first-order chi connectivity index (χ1) is 10.1. The van der Waals surface area contributed by atoms with E-state index in [1.54, 1.807) is 18.0 Å². The molecule has 0 radical (unpaired) electrons. The molecular weight excluding hydrogens is 368 g/mol. The van der Waals surface area contributed by atoms with Crippen LogP contribution in [0, 0.1) is 5.92 Å². The minimum atomic E-state index is 0.630. The average Bonchev–Trinajstić information content (AvgIpc) is 2.43. The first-order valence-electron chi connectivity index (χ1n) is 6.84. The highest BCUT2D eigenvalue weighted by Crippen LogP contribution is 2.34. The van der Waals surface area contributed by atoms with E-state index in [1.165, 1.54) is 10.5 Å². The van der Waals surface area contributed by atoms with Crippen LogP contribution in [0.4, 0.5) is 0 Å². The lowest BCUT2D eigenvalue weighted by Crippen LogP contribution is -2.19. The molecule has 0 saturated heterocycles. The smallest absolute Gasteiger partial charge is 0.115 e. The zero-order chi connectivity index (χ0) is 15.2. The van der Waals surface area contributed by atoms with Crippen LogP contribution in [0.3, 0.4) is 0 Å². The molecule has 2 aromatic rings. The van der Waals surface area contributed by atoms with Crippen molar-refractivity contribution in [1.29, 1.82) is 0 Å². The van der Waals surface area contributed by atoms with Crippen LogP contribution in [0.2, 0.25) is 5.02 Å². The van der Waals surface area contributed by atoms with Crippen molar-refractivity contribution in [3.63, 3.8) is 0 Å². The van der Waals surface area contributed by atoms with Crippen LogP contribution >= 0.6 is 39.3 Å². The van der Waals surface area contributed by atoms with Gasteiger partial charge in [0.05, 0.1) is 4.47 Å². The summed E-state index contributed by atoms with van der Waals surface area (Å²) in [4.78, 5) is 5.58. The largest absolute Gasteiger partial charge is 0.312 e. The summed E-state index contributed by atoms with van der Waals surface area (Å²) < 4.78 is 1.01. The Bertz CT molecular complexity index is 605. The van der Waals surface area contributed by atoms with Gasteiger partial charge in [-0.3, -0.25) is 0 Å². The summed E-state index contributed by atoms with van der Waals surface area (Å²) in [6.45, 7) is 6.20. The van der Waals surface area contributed by atoms with E-state index in [9.17, 15) is 0 Å². The van der Waals surface area contributed by atoms with Crippen molar-refractivity contribution in [3.8, 4) is 0 Å². The summed E-state index contributed by atoms with van der Waals surface area (Å²) in [6.07, 6.45) is 1.81. The van der Waals surface area contributed by atoms with Crippen molar-refractivity contribution in [1.82, 2.24) is 10.3 Å². The van der Waals surface area contributed by atoms with Gasteiger partial charge in [-0.25, -0.2) is 4.98 Å². The molecule has 112 valence electrons. The summed E-state index contributed by atoms with van der Waals surface area (Å²) in [5.74, 6) is 0.630. The predicted molar refractivity (Wildman–Crippen MR) is 94.1 cm³/mol.